The number of hydrogen-bond donors (Lipinski definition) is 0. The number of esters is 1. The van der Waals surface area contributed by atoms with Crippen LogP contribution in [0.15, 0.2) is 35.2 Å². The molecular formula is C11H9F3O4S. The van der Waals surface area contributed by atoms with Gasteiger partial charge in [0.05, 0.1) is 7.11 Å². The molecule has 0 heterocycles. The van der Waals surface area contributed by atoms with E-state index in [0.717, 1.165) is 7.11 Å². The monoisotopic (exact) mass is 294 g/mol. The lowest BCUT2D eigenvalue weighted by atomic mass is 10.2. The summed E-state index contributed by atoms with van der Waals surface area (Å²) in [5, 5.41) is 0. The average Bonchev–Trinajstić information content (AvgIpc) is 2.34. The molecule has 1 aromatic carbocycles. The predicted molar refractivity (Wildman–Crippen MR) is 61.4 cm³/mol. The van der Waals surface area contributed by atoms with Crippen LogP contribution in [0, 0.1) is 0 Å². The van der Waals surface area contributed by atoms with Crippen molar-refractivity contribution in [2.75, 3.05) is 7.11 Å². The van der Waals surface area contributed by atoms with Gasteiger partial charge in [0.25, 0.3) is 9.84 Å². The molecule has 0 aliphatic heterocycles. The number of benzene rings is 1. The Labute approximate surface area is 107 Å². The van der Waals surface area contributed by atoms with E-state index in [1.165, 1.54) is 24.3 Å². The predicted octanol–water partition coefficient (Wildman–Crippen LogP) is 2.14. The van der Waals surface area contributed by atoms with Gasteiger partial charge in [-0.05, 0) is 11.6 Å². The van der Waals surface area contributed by atoms with Crippen LogP contribution in [0.1, 0.15) is 5.56 Å². The number of methoxy groups -OCH3 is 1. The van der Waals surface area contributed by atoms with E-state index in [2.05, 4.69) is 4.74 Å². The normalized spacial score (nSPS) is 13.2. The minimum Gasteiger partial charge on any atom is -0.465 e. The molecule has 0 unspecified atom stereocenters. The van der Waals surface area contributed by atoms with Gasteiger partial charge in [0.2, 0.25) is 0 Å². The quantitative estimate of drug-likeness (QED) is 0.633. The summed E-state index contributed by atoms with van der Waals surface area (Å²) >= 11 is 0. The lowest BCUT2D eigenvalue weighted by Gasteiger charge is -2.10. The maximum absolute atomic E-state index is 12.4. The zero-order chi connectivity index (χ0) is 14.7. The highest BCUT2D eigenvalue weighted by Crippen LogP contribution is 2.31. The van der Waals surface area contributed by atoms with Gasteiger partial charge < -0.3 is 4.74 Å². The second kappa shape index (κ2) is 5.43. The van der Waals surface area contributed by atoms with Gasteiger partial charge in [-0.2, -0.15) is 13.2 Å². The summed E-state index contributed by atoms with van der Waals surface area (Å²) < 4.78 is 63.9. The molecule has 0 saturated carbocycles. The average molecular weight is 294 g/mol. The molecule has 0 atom stereocenters. The van der Waals surface area contributed by atoms with E-state index >= 15 is 0 Å². The SMILES string of the molecule is COC(=O)/C(=C/c1ccccc1)S(=O)(=O)C(F)(F)F. The molecule has 0 aliphatic carbocycles. The zero-order valence-electron chi connectivity index (χ0n) is 9.64. The number of sulfone groups is 1. The van der Waals surface area contributed by atoms with E-state index in [-0.39, 0.29) is 5.56 Å². The highest BCUT2D eigenvalue weighted by molar-refractivity contribution is 7.97. The zero-order valence-corrected chi connectivity index (χ0v) is 10.5. The number of halogens is 3. The molecule has 0 saturated heterocycles. The third-order valence-corrected chi connectivity index (χ3v) is 3.55. The Hall–Kier alpha value is -1.83. The molecule has 0 aliphatic rings. The van der Waals surface area contributed by atoms with Crippen molar-refractivity contribution in [2.45, 2.75) is 5.51 Å². The van der Waals surface area contributed by atoms with E-state index in [0.29, 0.717) is 6.08 Å². The molecule has 0 fully saturated rings. The molecule has 1 rings (SSSR count). The van der Waals surface area contributed by atoms with Crippen LogP contribution in [0.3, 0.4) is 0 Å². The third-order valence-electron chi connectivity index (χ3n) is 2.08. The molecule has 0 spiro atoms. The molecule has 8 heteroatoms. The van der Waals surface area contributed by atoms with Crippen LogP contribution in [-0.2, 0) is 19.4 Å². The Bertz CT molecular complexity index is 588. The molecule has 104 valence electrons. The number of hydrogen-bond acceptors (Lipinski definition) is 4. The van der Waals surface area contributed by atoms with Gasteiger partial charge in [-0.1, -0.05) is 30.3 Å². The van der Waals surface area contributed by atoms with Crippen molar-refractivity contribution in [3.05, 3.63) is 40.8 Å². The minimum atomic E-state index is -5.76. The highest BCUT2D eigenvalue weighted by atomic mass is 32.2. The Morgan fingerprint density at radius 1 is 1.21 bits per heavy atom. The fourth-order valence-corrected chi connectivity index (χ4v) is 2.02. The molecule has 4 nitrogen and oxygen atoms in total. The van der Waals surface area contributed by atoms with Crippen LogP contribution in [0.25, 0.3) is 6.08 Å². The first kappa shape index (κ1) is 15.2. The van der Waals surface area contributed by atoms with E-state index in [4.69, 9.17) is 0 Å². The Balaban J connectivity index is 3.41. The van der Waals surface area contributed by atoms with Crippen molar-refractivity contribution < 1.29 is 31.1 Å². The maximum atomic E-state index is 12.4. The van der Waals surface area contributed by atoms with Crippen LogP contribution in [0.2, 0.25) is 0 Å². The number of rotatable bonds is 3. The van der Waals surface area contributed by atoms with Crippen molar-refractivity contribution in [1.29, 1.82) is 0 Å². The first-order valence-corrected chi connectivity index (χ1v) is 6.35. The molecule has 0 bridgehead atoms. The maximum Gasteiger partial charge on any atom is 0.502 e. The summed E-state index contributed by atoms with van der Waals surface area (Å²) in [7, 11) is -4.96. The van der Waals surface area contributed by atoms with E-state index < -0.39 is 26.2 Å². The number of carbonyl (C=O) groups excluding carboxylic acids is 1. The fraction of sp³-hybridized carbons (Fsp3) is 0.182. The van der Waals surface area contributed by atoms with E-state index in [1.54, 1.807) is 6.07 Å². The van der Waals surface area contributed by atoms with Gasteiger partial charge in [0.1, 0.15) is 0 Å². The summed E-state index contributed by atoms with van der Waals surface area (Å²) in [5.41, 5.74) is -5.43. The van der Waals surface area contributed by atoms with Crippen molar-refractivity contribution in [3.8, 4) is 0 Å². The summed E-state index contributed by atoms with van der Waals surface area (Å²) in [6, 6.07) is 7.28. The summed E-state index contributed by atoms with van der Waals surface area (Å²) in [6.45, 7) is 0. The van der Waals surface area contributed by atoms with Gasteiger partial charge in [-0.3, -0.25) is 0 Å². The van der Waals surface area contributed by atoms with Crippen molar-refractivity contribution in [1.82, 2.24) is 0 Å². The van der Waals surface area contributed by atoms with Crippen LogP contribution in [0.5, 0.6) is 0 Å². The third kappa shape index (κ3) is 3.34. The van der Waals surface area contributed by atoms with Gasteiger partial charge >= 0.3 is 11.5 Å². The minimum absolute atomic E-state index is 0.135. The van der Waals surface area contributed by atoms with Crippen molar-refractivity contribution in [2.24, 2.45) is 0 Å². The summed E-state index contributed by atoms with van der Waals surface area (Å²) in [5.74, 6) is -1.57. The summed E-state index contributed by atoms with van der Waals surface area (Å²) in [6.07, 6.45) is 0.620. The van der Waals surface area contributed by atoms with E-state index in [9.17, 15) is 26.4 Å². The Kier molecular flexibility index (Phi) is 4.35. The molecule has 0 radical (unpaired) electrons. The first-order chi connectivity index (χ1) is 8.70. The van der Waals surface area contributed by atoms with Gasteiger partial charge in [-0.15, -0.1) is 0 Å². The fourth-order valence-electron chi connectivity index (χ4n) is 1.17. The van der Waals surface area contributed by atoms with Gasteiger partial charge in [-0.25, -0.2) is 13.2 Å². The molecule has 0 N–H and O–H groups in total. The van der Waals surface area contributed by atoms with Gasteiger partial charge in [0, 0.05) is 0 Å². The second-order valence-corrected chi connectivity index (χ2v) is 5.27. The van der Waals surface area contributed by atoms with Crippen LogP contribution < -0.4 is 0 Å². The first-order valence-electron chi connectivity index (χ1n) is 4.86. The Morgan fingerprint density at radius 2 is 1.74 bits per heavy atom. The number of alkyl halides is 3. The molecule has 0 amide bonds. The lowest BCUT2D eigenvalue weighted by Crippen LogP contribution is -2.28. The van der Waals surface area contributed by atoms with Crippen LogP contribution >= 0.6 is 0 Å². The largest absolute Gasteiger partial charge is 0.502 e. The molecule has 1 aromatic rings. The van der Waals surface area contributed by atoms with Crippen LogP contribution in [-0.4, -0.2) is 27.0 Å². The smallest absolute Gasteiger partial charge is 0.465 e. The van der Waals surface area contributed by atoms with Crippen molar-refractivity contribution >= 4 is 21.9 Å². The number of ether oxygens (including phenoxy) is 1. The molecule has 19 heavy (non-hydrogen) atoms. The molecule has 0 aromatic heterocycles. The highest BCUT2D eigenvalue weighted by Gasteiger charge is 2.50. The second-order valence-electron chi connectivity index (χ2n) is 3.36. The topological polar surface area (TPSA) is 60.4 Å². The van der Waals surface area contributed by atoms with Gasteiger partial charge in [0.15, 0.2) is 4.91 Å². The standard InChI is InChI=1S/C11H9F3O4S/c1-18-10(15)9(19(16,17)11(12,13)14)7-8-5-3-2-4-6-8/h2-7H,1H3/b9-7-. The molecular weight excluding hydrogens is 285 g/mol. The Morgan fingerprint density at radius 3 is 2.16 bits per heavy atom. The van der Waals surface area contributed by atoms with Crippen LogP contribution in [0.4, 0.5) is 13.2 Å². The van der Waals surface area contributed by atoms with Crippen molar-refractivity contribution in [3.63, 3.8) is 0 Å². The number of carbonyl (C=O) groups is 1. The van der Waals surface area contributed by atoms with E-state index in [1.807, 2.05) is 0 Å². The summed E-state index contributed by atoms with van der Waals surface area (Å²) in [4.78, 5) is 9.79. The lowest BCUT2D eigenvalue weighted by molar-refractivity contribution is -0.135.